The van der Waals surface area contributed by atoms with E-state index in [2.05, 4.69) is 27.7 Å². The molecule has 0 heterocycles. The van der Waals surface area contributed by atoms with Crippen LogP contribution in [-0.4, -0.2) is 11.2 Å². The molecule has 3 unspecified atom stereocenters. The average Bonchev–Trinajstić information content (AvgIpc) is 2.16. The summed E-state index contributed by atoms with van der Waals surface area (Å²) in [5, 5.41) is 10.3. The fourth-order valence-electron chi connectivity index (χ4n) is 2.98. The molecule has 1 fully saturated rings. The molecule has 1 nitrogen and oxygen atoms in total. The van der Waals surface area contributed by atoms with Gasteiger partial charge in [0.1, 0.15) is 0 Å². The van der Waals surface area contributed by atoms with E-state index in [1.165, 1.54) is 32.1 Å². The number of rotatable bonds is 4. The lowest BCUT2D eigenvalue weighted by atomic mass is 9.65. The highest BCUT2D eigenvalue weighted by Gasteiger charge is 2.36. The second kappa shape index (κ2) is 5.34. The van der Waals surface area contributed by atoms with Crippen molar-refractivity contribution in [2.45, 2.75) is 72.3 Å². The van der Waals surface area contributed by atoms with Crippen LogP contribution in [0.15, 0.2) is 0 Å². The molecule has 1 aliphatic carbocycles. The molecule has 0 amide bonds. The zero-order chi connectivity index (χ0) is 11.5. The Labute approximate surface area is 95.3 Å². The van der Waals surface area contributed by atoms with E-state index in [4.69, 9.17) is 0 Å². The number of hydrogen-bond donors (Lipinski definition) is 1. The van der Waals surface area contributed by atoms with Gasteiger partial charge in [-0.25, -0.2) is 0 Å². The van der Waals surface area contributed by atoms with Crippen LogP contribution >= 0.6 is 0 Å². The summed E-state index contributed by atoms with van der Waals surface area (Å²) in [6, 6.07) is 0. The highest BCUT2D eigenvalue weighted by Crippen LogP contribution is 2.43. The van der Waals surface area contributed by atoms with E-state index in [0.717, 1.165) is 6.42 Å². The van der Waals surface area contributed by atoms with Gasteiger partial charge in [-0.15, -0.1) is 0 Å². The van der Waals surface area contributed by atoms with Crippen LogP contribution in [-0.2, 0) is 0 Å². The summed E-state index contributed by atoms with van der Waals surface area (Å²) < 4.78 is 0. The maximum Gasteiger partial charge on any atom is 0.0576 e. The van der Waals surface area contributed by atoms with Crippen LogP contribution in [0.5, 0.6) is 0 Å². The molecule has 1 heteroatoms. The van der Waals surface area contributed by atoms with Gasteiger partial charge in [-0.2, -0.15) is 0 Å². The zero-order valence-electron chi connectivity index (χ0n) is 10.9. The van der Waals surface area contributed by atoms with Crippen LogP contribution in [0, 0.1) is 17.3 Å². The van der Waals surface area contributed by atoms with Crippen LogP contribution < -0.4 is 0 Å². The van der Waals surface area contributed by atoms with Crippen molar-refractivity contribution in [1.29, 1.82) is 0 Å². The Balaban J connectivity index is 2.52. The molecule has 0 saturated heterocycles. The zero-order valence-corrected chi connectivity index (χ0v) is 10.9. The minimum absolute atomic E-state index is 0.0738. The van der Waals surface area contributed by atoms with E-state index in [-0.39, 0.29) is 6.10 Å². The first-order chi connectivity index (χ1) is 6.97. The third kappa shape index (κ3) is 3.48. The fraction of sp³-hybridized carbons (Fsp3) is 1.00. The maximum atomic E-state index is 10.3. The molecule has 0 radical (unpaired) electrons. The van der Waals surface area contributed by atoms with E-state index in [1.54, 1.807) is 0 Å². The van der Waals surface area contributed by atoms with Gasteiger partial charge in [0.15, 0.2) is 0 Å². The largest absolute Gasteiger partial charge is 0.393 e. The van der Waals surface area contributed by atoms with Crippen molar-refractivity contribution >= 4 is 0 Å². The Morgan fingerprint density at radius 3 is 2.53 bits per heavy atom. The maximum absolute atomic E-state index is 10.3. The van der Waals surface area contributed by atoms with Crippen LogP contribution in [0.3, 0.4) is 0 Å². The van der Waals surface area contributed by atoms with Gasteiger partial charge in [0.25, 0.3) is 0 Å². The molecule has 0 aromatic heterocycles. The highest BCUT2D eigenvalue weighted by molar-refractivity contribution is 4.87. The van der Waals surface area contributed by atoms with Gasteiger partial charge in [-0.05, 0) is 36.5 Å². The van der Waals surface area contributed by atoms with Gasteiger partial charge in [0.2, 0.25) is 0 Å². The molecule has 0 aromatic carbocycles. The Morgan fingerprint density at radius 1 is 1.33 bits per heavy atom. The van der Waals surface area contributed by atoms with Crippen molar-refractivity contribution in [2.24, 2.45) is 17.3 Å². The molecule has 15 heavy (non-hydrogen) atoms. The summed E-state index contributed by atoms with van der Waals surface area (Å²) in [4.78, 5) is 0. The van der Waals surface area contributed by atoms with Crippen molar-refractivity contribution in [3.8, 4) is 0 Å². The van der Waals surface area contributed by atoms with Crippen LogP contribution in [0.25, 0.3) is 0 Å². The first kappa shape index (κ1) is 13.0. The Hall–Kier alpha value is -0.0400. The summed E-state index contributed by atoms with van der Waals surface area (Å²) in [6.07, 6.45) is 7.27. The lowest BCUT2D eigenvalue weighted by Crippen LogP contribution is -2.37. The second-order valence-electron chi connectivity index (χ2n) is 6.16. The Morgan fingerprint density at radius 2 is 2.00 bits per heavy atom. The monoisotopic (exact) mass is 212 g/mol. The smallest absolute Gasteiger partial charge is 0.0576 e. The summed E-state index contributed by atoms with van der Waals surface area (Å²) in [5.74, 6) is 1.19. The van der Waals surface area contributed by atoms with Gasteiger partial charge in [-0.1, -0.05) is 47.0 Å². The molecule has 0 bridgehead atoms. The van der Waals surface area contributed by atoms with Crippen molar-refractivity contribution in [3.63, 3.8) is 0 Å². The van der Waals surface area contributed by atoms with Crippen molar-refractivity contribution in [1.82, 2.24) is 0 Å². The fourth-order valence-corrected chi connectivity index (χ4v) is 2.98. The highest BCUT2D eigenvalue weighted by atomic mass is 16.3. The average molecular weight is 212 g/mol. The summed E-state index contributed by atoms with van der Waals surface area (Å²) >= 11 is 0. The lowest BCUT2D eigenvalue weighted by molar-refractivity contribution is -0.00695. The predicted molar refractivity (Wildman–Crippen MR) is 65.8 cm³/mol. The SMILES string of the molecule is CCC(C)CC(O)C1CCCCC1(C)C. The molecular formula is C14H28O. The van der Waals surface area contributed by atoms with E-state index in [0.29, 0.717) is 17.3 Å². The second-order valence-corrected chi connectivity index (χ2v) is 6.16. The van der Waals surface area contributed by atoms with Gasteiger partial charge in [0.05, 0.1) is 6.10 Å². The Kier molecular flexibility index (Phi) is 4.64. The van der Waals surface area contributed by atoms with E-state index in [9.17, 15) is 5.11 Å². The molecule has 1 saturated carbocycles. The predicted octanol–water partition coefficient (Wildman–Crippen LogP) is 4.00. The molecule has 0 aromatic rings. The van der Waals surface area contributed by atoms with E-state index in [1.807, 2.05) is 0 Å². The third-order valence-corrected chi connectivity index (χ3v) is 4.40. The molecule has 1 N–H and O–H groups in total. The minimum atomic E-state index is -0.0738. The Bertz CT molecular complexity index is 186. The van der Waals surface area contributed by atoms with Crippen molar-refractivity contribution < 1.29 is 5.11 Å². The van der Waals surface area contributed by atoms with E-state index >= 15 is 0 Å². The van der Waals surface area contributed by atoms with Gasteiger partial charge in [0, 0.05) is 0 Å². The van der Waals surface area contributed by atoms with E-state index < -0.39 is 0 Å². The topological polar surface area (TPSA) is 20.2 Å². The van der Waals surface area contributed by atoms with Gasteiger partial charge < -0.3 is 5.11 Å². The number of hydrogen-bond acceptors (Lipinski definition) is 1. The molecule has 3 atom stereocenters. The minimum Gasteiger partial charge on any atom is -0.393 e. The van der Waals surface area contributed by atoms with Crippen LogP contribution in [0.4, 0.5) is 0 Å². The van der Waals surface area contributed by atoms with Crippen molar-refractivity contribution in [2.75, 3.05) is 0 Å². The normalized spacial score (nSPS) is 29.8. The van der Waals surface area contributed by atoms with Crippen LogP contribution in [0.2, 0.25) is 0 Å². The first-order valence-corrected chi connectivity index (χ1v) is 6.65. The molecule has 1 aliphatic rings. The standard InChI is InChI=1S/C14H28O/c1-5-11(2)10-13(15)12-8-6-7-9-14(12,3)4/h11-13,15H,5-10H2,1-4H3. The quantitative estimate of drug-likeness (QED) is 0.747. The summed E-state index contributed by atoms with van der Waals surface area (Å²) in [6.45, 7) is 9.12. The van der Waals surface area contributed by atoms with Crippen LogP contribution in [0.1, 0.15) is 66.2 Å². The summed E-state index contributed by atoms with van der Waals surface area (Å²) in [5.41, 5.74) is 0.352. The van der Waals surface area contributed by atoms with Crippen molar-refractivity contribution in [3.05, 3.63) is 0 Å². The third-order valence-electron chi connectivity index (χ3n) is 4.40. The molecule has 90 valence electrons. The molecule has 1 rings (SSSR count). The molecular weight excluding hydrogens is 184 g/mol. The molecule has 0 aliphatic heterocycles. The summed E-state index contributed by atoms with van der Waals surface area (Å²) in [7, 11) is 0. The number of aliphatic hydroxyl groups excluding tert-OH is 1. The lowest BCUT2D eigenvalue weighted by Gasteiger charge is -2.42. The molecule has 0 spiro atoms. The number of aliphatic hydroxyl groups is 1. The van der Waals surface area contributed by atoms with Gasteiger partial charge >= 0.3 is 0 Å². The van der Waals surface area contributed by atoms with Gasteiger partial charge in [-0.3, -0.25) is 0 Å². The first-order valence-electron chi connectivity index (χ1n) is 6.65.